The highest BCUT2D eigenvalue weighted by Crippen LogP contribution is 2.37. The van der Waals surface area contributed by atoms with Crippen LogP contribution in [0.5, 0.6) is 0 Å². The molecule has 1 aliphatic carbocycles. The van der Waals surface area contributed by atoms with Gasteiger partial charge >= 0.3 is 0 Å². The van der Waals surface area contributed by atoms with Crippen molar-refractivity contribution in [2.75, 3.05) is 5.73 Å². The number of fused-ring (bicyclic) bond motifs is 1. The SMILES string of the molecule is Nc1onc(-c2ccc3c(c2)CCC3)c1-c1ccncc1. The van der Waals surface area contributed by atoms with Crippen molar-refractivity contribution in [3.63, 3.8) is 0 Å². The topological polar surface area (TPSA) is 64.9 Å². The van der Waals surface area contributed by atoms with E-state index in [1.54, 1.807) is 12.4 Å². The maximum absolute atomic E-state index is 5.97. The van der Waals surface area contributed by atoms with Crippen molar-refractivity contribution in [3.05, 3.63) is 53.9 Å². The summed E-state index contributed by atoms with van der Waals surface area (Å²) in [6, 6.07) is 10.3. The van der Waals surface area contributed by atoms with E-state index >= 15 is 0 Å². The number of pyridine rings is 1. The van der Waals surface area contributed by atoms with Gasteiger partial charge in [-0.2, -0.15) is 0 Å². The Hall–Kier alpha value is -2.62. The average Bonchev–Trinajstić information content (AvgIpc) is 3.13. The molecule has 0 radical (unpaired) electrons. The summed E-state index contributed by atoms with van der Waals surface area (Å²) in [6.07, 6.45) is 7.04. The first-order valence-corrected chi connectivity index (χ1v) is 7.10. The maximum Gasteiger partial charge on any atom is 0.230 e. The van der Waals surface area contributed by atoms with Crippen LogP contribution >= 0.6 is 0 Å². The first-order valence-electron chi connectivity index (χ1n) is 7.10. The highest BCUT2D eigenvalue weighted by molar-refractivity contribution is 5.86. The summed E-state index contributed by atoms with van der Waals surface area (Å²) in [5.41, 5.74) is 12.5. The number of hydrogen-bond acceptors (Lipinski definition) is 4. The minimum absolute atomic E-state index is 0.344. The summed E-state index contributed by atoms with van der Waals surface area (Å²) < 4.78 is 5.23. The molecule has 0 spiro atoms. The molecule has 2 aromatic heterocycles. The fourth-order valence-corrected chi connectivity index (χ4v) is 3.02. The minimum atomic E-state index is 0.344. The summed E-state index contributed by atoms with van der Waals surface area (Å²) in [5.74, 6) is 0.344. The van der Waals surface area contributed by atoms with Gasteiger partial charge in [-0.05, 0) is 54.2 Å². The third kappa shape index (κ3) is 2.00. The van der Waals surface area contributed by atoms with Crippen LogP contribution in [0.1, 0.15) is 17.5 Å². The van der Waals surface area contributed by atoms with Gasteiger partial charge in [-0.15, -0.1) is 0 Å². The monoisotopic (exact) mass is 277 g/mol. The smallest absolute Gasteiger partial charge is 0.230 e. The second kappa shape index (κ2) is 4.74. The van der Waals surface area contributed by atoms with Crippen molar-refractivity contribution in [2.45, 2.75) is 19.3 Å². The Morgan fingerprint density at radius 3 is 2.62 bits per heavy atom. The van der Waals surface area contributed by atoms with Crippen LogP contribution < -0.4 is 5.73 Å². The summed E-state index contributed by atoms with van der Waals surface area (Å²) in [4.78, 5) is 4.04. The Kier molecular flexibility index (Phi) is 2.74. The van der Waals surface area contributed by atoms with Crippen molar-refractivity contribution in [2.24, 2.45) is 0 Å². The third-order valence-corrected chi connectivity index (χ3v) is 4.06. The molecule has 21 heavy (non-hydrogen) atoms. The predicted octanol–water partition coefficient (Wildman–Crippen LogP) is 3.47. The summed E-state index contributed by atoms with van der Waals surface area (Å²) >= 11 is 0. The number of aromatic nitrogens is 2. The minimum Gasteiger partial charge on any atom is -0.367 e. The number of aryl methyl sites for hydroxylation is 2. The normalized spacial score (nSPS) is 13.3. The second-order valence-corrected chi connectivity index (χ2v) is 5.34. The van der Waals surface area contributed by atoms with Gasteiger partial charge in [-0.3, -0.25) is 4.98 Å². The van der Waals surface area contributed by atoms with Crippen molar-refractivity contribution in [3.8, 4) is 22.4 Å². The van der Waals surface area contributed by atoms with Gasteiger partial charge in [0.1, 0.15) is 5.69 Å². The van der Waals surface area contributed by atoms with E-state index in [0.717, 1.165) is 28.8 Å². The van der Waals surface area contributed by atoms with Gasteiger partial charge in [-0.1, -0.05) is 17.3 Å². The summed E-state index contributed by atoms with van der Waals surface area (Å²) in [6.45, 7) is 0. The fraction of sp³-hybridized carbons (Fsp3) is 0.176. The average molecular weight is 277 g/mol. The van der Waals surface area contributed by atoms with Gasteiger partial charge in [0.2, 0.25) is 5.88 Å². The number of nitrogens with zero attached hydrogens (tertiary/aromatic N) is 2. The lowest BCUT2D eigenvalue weighted by Gasteiger charge is -2.05. The largest absolute Gasteiger partial charge is 0.367 e. The van der Waals surface area contributed by atoms with Crippen molar-refractivity contribution < 1.29 is 4.52 Å². The van der Waals surface area contributed by atoms with Gasteiger partial charge in [-0.25, -0.2) is 0 Å². The van der Waals surface area contributed by atoms with Crippen LogP contribution in [-0.2, 0) is 12.8 Å². The van der Waals surface area contributed by atoms with Crippen LogP contribution in [0, 0.1) is 0 Å². The fourth-order valence-electron chi connectivity index (χ4n) is 3.02. The molecule has 1 aliphatic rings. The van der Waals surface area contributed by atoms with Crippen LogP contribution in [0.25, 0.3) is 22.4 Å². The number of nitrogen functional groups attached to an aromatic ring is 1. The van der Waals surface area contributed by atoms with E-state index < -0.39 is 0 Å². The van der Waals surface area contributed by atoms with E-state index in [2.05, 4.69) is 28.3 Å². The third-order valence-electron chi connectivity index (χ3n) is 4.06. The van der Waals surface area contributed by atoms with Crippen LogP contribution in [0.2, 0.25) is 0 Å². The molecular weight excluding hydrogens is 262 g/mol. The van der Waals surface area contributed by atoms with Gasteiger partial charge in [0.05, 0.1) is 5.56 Å². The molecule has 4 rings (SSSR count). The van der Waals surface area contributed by atoms with E-state index in [-0.39, 0.29) is 0 Å². The first-order chi connectivity index (χ1) is 10.3. The van der Waals surface area contributed by atoms with Crippen LogP contribution in [-0.4, -0.2) is 10.1 Å². The molecule has 0 saturated heterocycles. The first kappa shape index (κ1) is 12.1. The molecule has 0 saturated carbocycles. The molecular formula is C17H15N3O. The Balaban J connectivity index is 1.87. The number of benzene rings is 1. The molecule has 0 atom stereocenters. The van der Waals surface area contributed by atoms with Crippen molar-refractivity contribution in [1.29, 1.82) is 0 Å². The van der Waals surface area contributed by atoms with Crippen LogP contribution in [0.15, 0.2) is 47.2 Å². The molecule has 0 bridgehead atoms. The standard InChI is InChI=1S/C17H15N3O/c18-17-15(12-6-8-19-9-7-12)16(20-21-17)14-5-4-11-2-1-3-13(11)10-14/h4-10H,1-3,18H2. The van der Waals surface area contributed by atoms with Gasteiger partial charge in [0.25, 0.3) is 0 Å². The number of anilines is 1. The lowest BCUT2D eigenvalue weighted by atomic mass is 9.99. The molecule has 1 aromatic carbocycles. The Labute approximate surface area is 122 Å². The quantitative estimate of drug-likeness (QED) is 0.779. The number of hydrogen-bond donors (Lipinski definition) is 1. The zero-order valence-electron chi connectivity index (χ0n) is 11.5. The second-order valence-electron chi connectivity index (χ2n) is 5.34. The summed E-state index contributed by atoms with van der Waals surface area (Å²) in [7, 11) is 0. The number of nitrogens with two attached hydrogens (primary N) is 1. The zero-order chi connectivity index (χ0) is 14.2. The lowest BCUT2D eigenvalue weighted by Crippen LogP contribution is -1.89. The molecule has 3 aromatic rings. The molecule has 104 valence electrons. The molecule has 4 heteroatoms. The maximum atomic E-state index is 5.97. The van der Waals surface area contributed by atoms with E-state index in [0.29, 0.717) is 5.88 Å². The zero-order valence-corrected chi connectivity index (χ0v) is 11.5. The molecule has 4 nitrogen and oxygen atoms in total. The van der Waals surface area contributed by atoms with E-state index in [9.17, 15) is 0 Å². The van der Waals surface area contributed by atoms with E-state index in [4.69, 9.17) is 10.3 Å². The van der Waals surface area contributed by atoms with E-state index in [1.807, 2.05) is 12.1 Å². The van der Waals surface area contributed by atoms with E-state index in [1.165, 1.54) is 24.0 Å². The Bertz CT molecular complexity index is 793. The molecule has 0 unspecified atom stereocenters. The van der Waals surface area contributed by atoms with Crippen molar-refractivity contribution >= 4 is 5.88 Å². The molecule has 2 heterocycles. The Morgan fingerprint density at radius 2 is 1.76 bits per heavy atom. The van der Waals surface area contributed by atoms with Gasteiger partial charge in [0, 0.05) is 18.0 Å². The summed E-state index contributed by atoms with van der Waals surface area (Å²) in [5, 5.41) is 4.17. The lowest BCUT2D eigenvalue weighted by molar-refractivity contribution is 0.439. The Morgan fingerprint density at radius 1 is 0.952 bits per heavy atom. The van der Waals surface area contributed by atoms with Gasteiger partial charge < -0.3 is 10.3 Å². The highest BCUT2D eigenvalue weighted by Gasteiger charge is 2.19. The van der Waals surface area contributed by atoms with Crippen LogP contribution in [0.4, 0.5) is 5.88 Å². The predicted molar refractivity (Wildman–Crippen MR) is 81.6 cm³/mol. The molecule has 0 amide bonds. The highest BCUT2D eigenvalue weighted by atomic mass is 16.5. The van der Waals surface area contributed by atoms with Crippen molar-refractivity contribution in [1.82, 2.24) is 10.1 Å². The molecule has 2 N–H and O–H groups in total. The molecule has 0 fully saturated rings. The van der Waals surface area contributed by atoms with Gasteiger partial charge in [0.15, 0.2) is 0 Å². The number of rotatable bonds is 2. The van der Waals surface area contributed by atoms with Crippen LogP contribution in [0.3, 0.4) is 0 Å². The molecule has 0 aliphatic heterocycles.